The van der Waals surface area contributed by atoms with Gasteiger partial charge < -0.3 is 4.74 Å². The van der Waals surface area contributed by atoms with Crippen LogP contribution in [0.2, 0.25) is 10.3 Å². The molecule has 0 N–H and O–H groups in total. The third kappa shape index (κ3) is 3.05. The maximum atomic E-state index is 5.98. The quantitative estimate of drug-likeness (QED) is 0.569. The van der Waals surface area contributed by atoms with Gasteiger partial charge in [0.2, 0.25) is 0 Å². The van der Waals surface area contributed by atoms with Crippen molar-refractivity contribution < 1.29 is 4.74 Å². The fourth-order valence-electron chi connectivity index (χ4n) is 1.39. The Balaban J connectivity index is 2.36. The molecule has 1 heterocycles. The Morgan fingerprint density at radius 2 is 1.67 bits per heavy atom. The molecule has 0 fully saturated rings. The minimum absolute atomic E-state index is 0.361. The molecule has 0 aliphatic carbocycles. The van der Waals surface area contributed by atoms with Crippen LogP contribution in [0.4, 0.5) is 0 Å². The fourth-order valence-corrected chi connectivity index (χ4v) is 2.02. The van der Waals surface area contributed by atoms with Crippen molar-refractivity contribution in [3.63, 3.8) is 0 Å². The summed E-state index contributed by atoms with van der Waals surface area (Å²) in [6.45, 7) is 2.58. The van der Waals surface area contributed by atoms with Gasteiger partial charge in [-0.25, -0.2) is 9.97 Å². The van der Waals surface area contributed by atoms with Crippen molar-refractivity contribution in [3.05, 3.63) is 38.1 Å². The molecular formula is C12H9Cl2IN2O. The highest BCUT2D eigenvalue weighted by atomic mass is 127. The monoisotopic (exact) mass is 394 g/mol. The van der Waals surface area contributed by atoms with Gasteiger partial charge >= 0.3 is 0 Å². The molecule has 0 unspecified atom stereocenters. The first-order valence-corrected chi connectivity index (χ1v) is 7.07. The third-order valence-electron chi connectivity index (χ3n) is 2.19. The molecule has 0 bridgehead atoms. The van der Waals surface area contributed by atoms with E-state index in [1.54, 1.807) is 0 Å². The smallest absolute Gasteiger partial charge is 0.162 e. The van der Waals surface area contributed by atoms with Gasteiger partial charge in [-0.15, -0.1) is 0 Å². The number of ether oxygens (including phenoxy) is 1. The van der Waals surface area contributed by atoms with E-state index in [-0.39, 0.29) is 0 Å². The minimum atomic E-state index is 0.361. The Morgan fingerprint density at radius 3 is 2.17 bits per heavy atom. The SMILES string of the molecule is CCOc1ccc(-c2nc(Cl)c(I)c(Cl)n2)cc1. The van der Waals surface area contributed by atoms with E-state index >= 15 is 0 Å². The molecule has 0 amide bonds. The highest BCUT2D eigenvalue weighted by Gasteiger charge is 2.10. The zero-order chi connectivity index (χ0) is 13.1. The first-order chi connectivity index (χ1) is 8.61. The van der Waals surface area contributed by atoms with Crippen LogP contribution in [0, 0.1) is 3.57 Å². The highest BCUT2D eigenvalue weighted by molar-refractivity contribution is 14.1. The van der Waals surface area contributed by atoms with Gasteiger partial charge in [0.15, 0.2) is 5.82 Å². The molecule has 0 saturated heterocycles. The van der Waals surface area contributed by atoms with Gasteiger partial charge in [-0.3, -0.25) is 0 Å². The summed E-state index contributed by atoms with van der Waals surface area (Å²) < 4.78 is 6.03. The molecule has 0 radical (unpaired) electrons. The van der Waals surface area contributed by atoms with Crippen molar-refractivity contribution in [2.24, 2.45) is 0 Å². The first-order valence-electron chi connectivity index (χ1n) is 5.23. The van der Waals surface area contributed by atoms with Crippen molar-refractivity contribution in [2.45, 2.75) is 6.92 Å². The number of halogens is 3. The lowest BCUT2D eigenvalue weighted by Gasteiger charge is -2.06. The van der Waals surface area contributed by atoms with Gasteiger partial charge in [-0.2, -0.15) is 0 Å². The fraction of sp³-hybridized carbons (Fsp3) is 0.167. The zero-order valence-corrected chi connectivity index (χ0v) is 13.1. The summed E-state index contributed by atoms with van der Waals surface area (Å²) in [4.78, 5) is 8.40. The Hall–Kier alpha value is -0.590. The van der Waals surface area contributed by atoms with E-state index in [0.717, 1.165) is 11.3 Å². The van der Waals surface area contributed by atoms with E-state index in [2.05, 4.69) is 9.97 Å². The van der Waals surface area contributed by atoms with Crippen LogP contribution in [-0.2, 0) is 0 Å². The molecule has 3 nitrogen and oxygen atoms in total. The molecule has 0 aliphatic heterocycles. The van der Waals surface area contributed by atoms with E-state index in [9.17, 15) is 0 Å². The van der Waals surface area contributed by atoms with Crippen molar-refractivity contribution in [3.8, 4) is 17.1 Å². The largest absolute Gasteiger partial charge is 0.494 e. The molecule has 0 aliphatic rings. The zero-order valence-electron chi connectivity index (χ0n) is 9.45. The van der Waals surface area contributed by atoms with Crippen LogP contribution in [0.5, 0.6) is 5.75 Å². The van der Waals surface area contributed by atoms with Crippen molar-refractivity contribution >= 4 is 45.8 Å². The molecule has 18 heavy (non-hydrogen) atoms. The van der Waals surface area contributed by atoms with E-state index in [4.69, 9.17) is 27.9 Å². The molecule has 0 atom stereocenters. The lowest BCUT2D eigenvalue weighted by atomic mass is 10.2. The highest BCUT2D eigenvalue weighted by Crippen LogP contribution is 2.27. The molecule has 0 spiro atoms. The normalized spacial score (nSPS) is 10.4. The third-order valence-corrected chi connectivity index (χ3v) is 4.40. The Bertz CT molecular complexity index is 537. The van der Waals surface area contributed by atoms with Gasteiger partial charge in [0.05, 0.1) is 10.2 Å². The molecule has 0 saturated carbocycles. The van der Waals surface area contributed by atoms with Gasteiger partial charge in [-0.1, -0.05) is 23.2 Å². The maximum absolute atomic E-state index is 5.98. The van der Waals surface area contributed by atoms with Gasteiger partial charge in [0, 0.05) is 5.56 Å². The molecule has 1 aromatic heterocycles. The number of nitrogens with zero attached hydrogens (tertiary/aromatic N) is 2. The standard InChI is InChI=1S/C12H9Cl2IN2O/c1-2-18-8-5-3-7(4-6-8)12-16-10(13)9(15)11(14)17-12/h3-6H,2H2,1H3. The van der Waals surface area contributed by atoms with E-state index in [0.29, 0.717) is 26.3 Å². The molecular weight excluding hydrogens is 386 g/mol. The number of hydrogen-bond acceptors (Lipinski definition) is 3. The topological polar surface area (TPSA) is 35.0 Å². The lowest BCUT2D eigenvalue weighted by molar-refractivity contribution is 0.340. The van der Waals surface area contributed by atoms with Crippen LogP contribution >= 0.6 is 45.8 Å². The molecule has 2 aromatic rings. The number of hydrogen-bond donors (Lipinski definition) is 0. The predicted octanol–water partition coefficient (Wildman–Crippen LogP) is 4.45. The van der Waals surface area contributed by atoms with Crippen molar-refractivity contribution in [1.29, 1.82) is 0 Å². The van der Waals surface area contributed by atoms with Crippen LogP contribution in [0.1, 0.15) is 6.92 Å². The van der Waals surface area contributed by atoms with Crippen LogP contribution in [0.3, 0.4) is 0 Å². The average molecular weight is 395 g/mol. The summed E-state index contributed by atoms with van der Waals surface area (Å²) in [7, 11) is 0. The summed E-state index contributed by atoms with van der Waals surface area (Å²) in [5.74, 6) is 1.32. The number of benzene rings is 1. The van der Waals surface area contributed by atoms with Crippen LogP contribution in [0.25, 0.3) is 11.4 Å². The van der Waals surface area contributed by atoms with Crippen LogP contribution in [-0.4, -0.2) is 16.6 Å². The Morgan fingerprint density at radius 1 is 1.11 bits per heavy atom. The second-order valence-electron chi connectivity index (χ2n) is 3.40. The second-order valence-corrected chi connectivity index (χ2v) is 5.19. The summed E-state index contributed by atoms with van der Waals surface area (Å²) in [6, 6.07) is 7.48. The van der Waals surface area contributed by atoms with Crippen LogP contribution < -0.4 is 4.74 Å². The molecule has 1 aromatic carbocycles. The maximum Gasteiger partial charge on any atom is 0.162 e. The number of rotatable bonds is 3. The van der Waals surface area contributed by atoms with E-state index in [1.807, 2.05) is 53.8 Å². The van der Waals surface area contributed by atoms with Crippen molar-refractivity contribution in [1.82, 2.24) is 9.97 Å². The van der Waals surface area contributed by atoms with Gasteiger partial charge in [-0.05, 0) is 53.8 Å². The predicted molar refractivity (Wildman–Crippen MR) is 81.4 cm³/mol. The number of aromatic nitrogens is 2. The van der Waals surface area contributed by atoms with E-state index in [1.165, 1.54) is 0 Å². The lowest BCUT2D eigenvalue weighted by Crippen LogP contribution is -1.94. The van der Waals surface area contributed by atoms with E-state index < -0.39 is 0 Å². The Kier molecular flexibility index (Phi) is 4.64. The van der Waals surface area contributed by atoms with Crippen molar-refractivity contribution in [2.75, 3.05) is 6.61 Å². The molecule has 94 valence electrons. The summed E-state index contributed by atoms with van der Waals surface area (Å²) in [5.41, 5.74) is 0.846. The minimum Gasteiger partial charge on any atom is -0.494 e. The summed E-state index contributed by atoms with van der Waals surface area (Å²) in [5, 5.41) is 0.721. The summed E-state index contributed by atoms with van der Waals surface area (Å²) >= 11 is 14.0. The first kappa shape index (κ1) is 13.8. The van der Waals surface area contributed by atoms with Gasteiger partial charge in [0.25, 0.3) is 0 Å². The summed E-state index contributed by atoms with van der Waals surface area (Å²) in [6.07, 6.45) is 0. The second kappa shape index (κ2) is 6.04. The average Bonchev–Trinajstić information content (AvgIpc) is 2.37. The molecule has 2 rings (SSSR count). The Labute approximate surface area is 129 Å². The molecule has 6 heteroatoms. The van der Waals surface area contributed by atoms with Crippen LogP contribution in [0.15, 0.2) is 24.3 Å². The van der Waals surface area contributed by atoms with Gasteiger partial charge in [0.1, 0.15) is 16.1 Å².